The molecule has 3 aromatic rings. The van der Waals surface area contributed by atoms with Gasteiger partial charge in [0.25, 0.3) is 11.8 Å². The van der Waals surface area contributed by atoms with E-state index in [1.807, 2.05) is 6.92 Å². The monoisotopic (exact) mass is 410 g/mol. The molecule has 1 aromatic carbocycles. The average Bonchev–Trinajstić information content (AvgIpc) is 2.74. The van der Waals surface area contributed by atoms with Gasteiger partial charge < -0.3 is 10.2 Å². The fourth-order valence-electron chi connectivity index (χ4n) is 3.53. The highest BCUT2D eigenvalue weighted by Crippen LogP contribution is 2.21. The summed E-state index contributed by atoms with van der Waals surface area (Å²) in [5, 5.41) is 3.04. The zero-order valence-corrected chi connectivity index (χ0v) is 16.5. The number of hydrogen-bond acceptors (Lipinski definition) is 6. The number of rotatable bonds is 3. The summed E-state index contributed by atoms with van der Waals surface area (Å²) < 4.78 is 0. The van der Waals surface area contributed by atoms with Crippen LogP contribution in [0.4, 0.5) is 0 Å². The fraction of sp³-hybridized carbons (Fsp3) is 0.300. The Morgan fingerprint density at radius 2 is 1.79 bits per heavy atom. The first-order valence-corrected chi connectivity index (χ1v) is 9.68. The maximum absolute atomic E-state index is 12.9. The zero-order chi connectivity index (χ0) is 20.4. The molecule has 8 nitrogen and oxygen atoms in total. The number of carbonyl (C=O) groups is 2. The van der Waals surface area contributed by atoms with Gasteiger partial charge in [-0.05, 0) is 30.5 Å². The van der Waals surface area contributed by atoms with Crippen LogP contribution in [0.15, 0.2) is 43.0 Å². The molecule has 0 saturated carbocycles. The molecule has 1 N–H and O–H groups in total. The first-order chi connectivity index (χ1) is 14.0. The number of aromatic nitrogens is 4. The Kier molecular flexibility index (Phi) is 5.35. The minimum absolute atomic E-state index is 0.0499. The molecule has 0 aliphatic carbocycles. The van der Waals surface area contributed by atoms with Crippen LogP contribution in [-0.2, 0) is 0 Å². The van der Waals surface area contributed by atoms with Gasteiger partial charge in [-0.1, -0.05) is 18.5 Å². The standard InChI is InChI=1S/C20H19ClN6O2/c1-12-11-27(20(29)13-2-3-15-16(10-13)23-6-5-22-15)9-4-14(12)26-19(28)17-18(21)25-8-7-24-17/h2-3,5-8,10,12,14H,4,9,11H2,1H3,(H,26,28)/t12-,14+/m0/s1. The summed E-state index contributed by atoms with van der Waals surface area (Å²) in [5.74, 6) is -0.327. The quantitative estimate of drug-likeness (QED) is 0.711. The van der Waals surface area contributed by atoms with Crippen molar-refractivity contribution in [2.75, 3.05) is 13.1 Å². The second kappa shape index (κ2) is 8.08. The molecule has 0 radical (unpaired) electrons. The first kappa shape index (κ1) is 19.2. The molecule has 1 fully saturated rings. The Labute approximate surface area is 172 Å². The van der Waals surface area contributed by atoms with Gasteiger partial charge in [0.1, 0.15) is 0 Å². The van der Waals surface area contributed by atoms with Gasteiger partial charge in [-0.2, -0.15) is 0 Å². The number of carbonyl (C=O) groups excluding carboxylic acids is 2. The number of hydrogen-bond donors (Lipinski definition) is 1. The van der Waals surface area contributed by atoms with Crippen molar-refractivity contribution in [3.63, 3.8) is 0 Å². The summed E-state index contributed by atoms with van der Waals surface area (Å²) in [7, 11) is 0. The van der Waals surface area contributed by atoms with Gasteiger partial charge in [0.2, 0.25) is 0 Å². The van der Waals surface area contributed by atoms with Crippen LogP contribution in [0, 0.1) is 5.92 Å². The van der Waals surface area contributed by atoms with Gasteiger partial charge >= 0.3 is 0 Å². The molecule has 29 heavy (non-hydrogen) atoms. The molecule has 3 heterocycles. The van der Waals surface area contributed by atoms with Crippen molar-refractivity contribution in [1.29, 1.82) is 0 Å². The van der Waals surface area contributed by atoms with Crippen molar-refractivity contribution in [3.8, 4) is 0 Å². The van der Waals surface area contributed by atoms with Gasteiger partial charge in [0.05, 0.1) is 11.0 Å². The normalized spacial score (nSPS) is 19.2. The number of fused-ring (bicyclic) bond motifs is 1. The fourth-order valence-corrected chi connectivity index (χ4v) is 3.72. The Hall–Kier alpha value is -3.13. The topological polar surface area (TPSA) is 101 Å². The third-order valence-corrected chi connectivity index (χ3v) is 5.37. The Bertz CT molecular complexity index is 1080. The molecule has 0 spiro atoms. The van der Waals surface area contributed by atoms with Crippen LogP contribution in [0.3, 0.4) is 0 Å². The van der Waals surface area contributed by atoms with E-state index < -0.39 is 0 Å². The lowest BCUT2D eigenvalue weighted by Crippen LogP contribution is -2.51. The van der Waals surface area contributed by atoms with E-state index in [-0.39, 0.29) is 34.6 Å². The minimum atomic E-state index is -0.354. The molecule has 1 aliphatic rings. The largest absolute Gasteiger partial charge is 0.347 e. The van der Waals surface area contributed by atoms with Gasteiger partial charge in [0.15, 0.2) is 10.8 Å². The number of nitrogens with zero attached hydrogens (tertiary/aromatic N) is 5. The Balaban J connectivity index is 1.42. The molecule has 9 heteroatoms. The van der Waals surface area contributed by atoms with Crippen molar-refractivity contribution < 1.29 is 9.59 Å². The molecule has 1 saturated heterocycles. The summed E-state index contributed by atoms with van der Waals surface area (Å²) in [4.78, 5) is 43.6. The first-order valence-electron chi connectivity index (χ1n) is 9.30. The van der Waals surface area contributed by atoms with Crippen LogP contribution in [0.5, 0.6) is 0 Å². The number of benzene rings is 1. The second-order valence-electron chi connectivity index (χ2n) is 7.05. The Morgan fingerprint density at radius 3 is 2.55 bits per heavy atom. The molecule has 4 rings (SSSR count). The number of nitrogens with one attached hydrogen (secondary N) is 1. The highest BCUT2D eigenvalue weighted by molar-refractivity contribution is 6.32. The SMILES string of the molecule is C[C@H]1CN(C(=O)c2ccc3nccnc3c2)CC[C@H]1NC(=O)c1nccnc1Cl. The van der Waals surface area contributed by atoms with Gasteiger partial charge in [-0.25, -0.2) is 9.97 Å². The zero-order valence-electron chi connectivity index (χ0n) is 15.7. The summed E-state index contributed by atoms with van der Waals surface area (Å²) in [6.45, 7) is 3.09. The predicted molar refractivity (Wildman–Crippen MR) is 108 cm³/mol. The lowest BCUT2D eigenvalue weighted by atomic mass is 9.93. The van der Waals surface area contributed by atoms with Crippen molar-refractivity contribution in [3.05, 3.63) is 59.4 Å². The van der Waals surface area contributed by atoms with Crippen molar-refractivity contribution in [2.45, 2.75) is 19.4 Å². The minimum Gasteiger partial charge on any atom is -0.347 e. The summed E-state index contributed by atoms with van der Waals surface area (Å²) >= 11 is 5.95. The van der Waals surface area contributed by atoms with Gasteiger partial charge in [-0.15, -0.1) is 0 Å². The smallest absolute Gasteiger partial charge is 0.273 e. The molecule has 0 unspecified atom stereocenters. The second-order valence-corrected chi connectivity index (χ2v) is 7.41. The molecule has 2 aromatic heterocycles. The van der Waals surface area contributed by atoms with E-state index in [4.69, 9.17) is 11.6 Å². The molecule has 2 atom stereocenters. The summed E-state index contributed by atoms with van der Waals surface area (Å²) in [5.41, 5.74) is 2.13. The van der Waals surface area contributed by atoms with Crippen LogP contribution in [-0.4, -0.2) is 55.8 Å². The number of piperidine rings is 1. The van der Waals surface area contributed by atoms with Crippen molar-refractivity contribution in [2.24, 2.45) is 5.92 Å². The summed E-state index contributed by atoms with van der Waals surface area (Å²) in [6.07, 6.45) is 6.74. The molecular formula is C20H19ClN6O2. The predicted octanol–water partition coefficient (Wildman–Crippen LogP) is 2.35. The van der Waals surface area contributed by atoms with Crippen LogP contribution in [0.2, 0.25) is 5.15 Å². The van der Waals surface area contributed by atoms with E-state index in [0.717, 1.165) is 5.52 Å². The molecular weight excluding hydrogens is 392 g/mol. The Morgan fingerprint density at radius 1 is 1.07 bits per heavy atom. The lowest BCUT2D eigenvalue weighted by molar-refractivity contribution is 0.0632. The molecule has 148 valence electrons. The number of likely N-dealkylation sites (tertiary alicyclic amines) is 1. The molecule has 1 aliphatic heterocycles. The van der Waals surface area contributed by atoms with Crippen molar-refractivity contribution in [1.82, 2.24) is 30.2 Å². The highest BCUT2D eigenvalue weighted by Gasteiger charge is 2.31. The number of amides is 2. The molecule has 2 amide bonds. The third-order valence-electron chi connectivity index (χ3n) is 5.09. The average molecular weight is 411 g/mol. The third kappa shape index (κ3) is 4.02. The van der Waals surface area contributed by atoms with Crippen LogP contribution >= 0.6 is 11.6 Å². The van der Waals surface area contributed by atoms with E-state index in [0.29, 0.717) is 30.6 Å². The van der Waals surface area contributed by atoms with Gasteiger partial charge in [-0.3, -0.25) is 19.6 Å². The van der Waals surface area contributed by atoms with E-state index in [1.54, 1.807) is 35.5 Å². The highest BCUT2D eigenvalue weighted by atomic mass is 35.5. The van der Waals surface area contributed by atoms with E-state index in [2.05, 4.69) is 25.3 Å². The number of halogens is 1. The molecule has 0 bridgehead atoms. The van der Waals surface area contributed by atoms with E-state index >= 15 is 0 Å². The van der Waals surface area contributed by atoms with Crippen molar-refractivity contribution >= 4 is 34.4 Å². The maximum Gasteiger partial charge on any atom is 0.273 e. The van der Waals surface area contributed by atoms with Crippen LogP contribution < -0.4 is 5.32 Å². The lowest BCUT2D eigenvalue weighted by Gasteiger charge is -2.37. The summed E-state index contributed by atoms with van der Waals surface area (Å²) in [6, 6.07) is 5.26. The van der Waals surface area contributed by atoms with Crippen LogP contribution in [0.25, 0.3) is 11.0 Å². The van der Waals surface area contributed by atoms with E-state index in [1.165, 1.54) is 12.4 Å². The van der Waals surface area contributed by atoms with E-state index in [9.17, 15) is 9.59 Å². The van der Waals surface area contributed by atoms with Gasteiger partial charge in [0, 0.05) is 49.5 Å². The maximum atomic E-state index is 12.9. The van der Waals surface area contributed by atoms with Crippen LogP contribution in [0.1, 0.15) is 34.2 Å².